The lowest BCUT2D eigenvalue weighted by molar-refractivity contribution is 0.0697. The molecule has 0 spiro atoms. The third-order valence-corrected chi connectivity index (χ3v) is 5.70. The fourth-order valence-electron chi connectivity index (χ4n) is 1.26. The number of nitrogens with one attached hydrogen (secondary N) is 1. The summed E-state index contributed by atoms with van der Waals surface area (Å²) in [5.74, 6) is -1.27. The number of carboxylic acids is 1. The SMILES string of the molecule is CSC(C)(C)CNS(=O)(=O)c1ccc(Cl)c(C(=O)O)c1. The van der Waals surface area contributed by atoms with Crippen molar-refractivity contribution in [3.8, 4) is 0 Å². The number of thioether (sulfide) groups is 1. The second kappa shape index (κ2) is 6.34. The van der Waals surface area contributed by atoms with Crippen LogP contribution < -0.4 is 4.72 Å². The van der Waals surface area contributed by atoms with Crippen LogP contribution in [0.2, 0.25) is 5.02 Å². The van der Waals surface area contributed by atoms with E-state index in [-0.39, 0.29) is 26.8 Å². The number of hydrogen-bond donors (Lipinski definition) is 2. The highest BCUT2D eigenvalue weighted by Crippen LogP contribution is 2.23. The number of aromatic carboxylic acids is 1. The Kier molecular flexibility index (Phi) is 5.48. The van der Waals surface area contributed by atoms with E-state index in [1.165, 1.54) is 23.9 Å². The summed E-state index contributed by atoms with van der Waals surface area (Å²) in [5, 5.41) is 8.95. The maximum absolute atomic E-state index is 12.1. The van der Waals surface area contributed by atoms with Crippen molar-refractivity contribution in [3.05, 3.63) is 28.8 Å². The van der Waals surface area contributed by atoms with Gasteiger partial charge in [-0.1, -0.05) is 11.6 Å². The first-order valence-electron chi connectivity index (χ1n) is 5.67. The molecule has 0 saturated heterocycles. The topological polar surface area (TPSA) is 83.5 Å². The zero-order valence-corrected chi connectivity index (χ0v) is 13.7. The Balaban J connectivity index is 3.05. The van der Waals surface area contributed by atoms with Gasteiger partial charge in [-0.15, -0.1) is 0 Å². The highest BCUT2D eigenvalue weighted by molar-refractivity contribution is 8.00. The number of carboxylic acid groups (broad SMARTS) is 1. The molecule has 0 unspecified atom stereocenters. The Labute approximate surface area is 127 Å². The van der Waals surface area contributed by atoms with Crippen molar-refractivity contribution in [3.63, 3.8) is 0 Å². The fraction of sp³-hybridized carbons (Fsp3) is 0.417. The molecule has 0 aromatic heterocycles. The monoisotopic (exact) mass is 337 g/mol. The summed E-state index contributed by atoms with van der Waals surface area (Å²) in [6.45, 7) is 4.05. The Bertz CT molecular complexity index is 614. The van der Waals surface area contributed by atoms with Crippen LogP contribution in [0.25, 0.3) is 0 Å². The summed E-state index contributed by atoms with van der Waals surface area (Å²) in [6, 6.07) is 3.60. The average Bonchev–Trinajstić information content (AvgIpc) is 2.36. The molecule has 0 bridgehead atoms. The zero-order valence-electron chi connectivity index (χ0n) is 11.3. The molecule has 112 valence electrons. The number of rotatable bonds is 6. The molecule has 0 radical (unpaired) electrons. The normalized spacial score (nSPS) is 12.4. The van der Waals surface area contributed by atoms with Gasteiger partial charge >= 0.3 is 5.97 Å². The van der Waals surface area contributed by atoms with Gasteiger partial charge in [0.25, 0.3) is 0 Å². The standard InChI is InChI=1S/C12H16ClNO4S2/c1-12(2,19-3)7-14-20(17,18)8-4-5-10(13)9(6-8)11(15)16/h4-6,14H,7H2,1-3H3,(H,15,16). The third-order valence-electron chi connectivity index (χ3n) is 2.72. The number of carbonyl (C=O) groups is 1. The lowest BCUT2D eigenvalue weighted by atomic mass is 10.2. The van der Waals surface area contributed by atoms with Crippen LogP contribution in [0.15, 0.2) is 23.1 Å². The highest BCUT2D eigenvalue weighted by Gasteiger charge is 2.22. The Morgan fingerprint density at radius 3 is 2.55 bits per heavy atom. The molecule has 0 heterocycles. The predicted octanol–water partition coefficient (Wildman–Crippen LogP) is 2.46. The predicted molar refractivity (Wildman–Crippen MR) is 81.2 cm³/mol. The van der Waals surface area contributed by atoms with Crippen molar-refractivity contribution in [2.75, 3.05) is 12.8 Å². The van der Waals surface area contributed by atoms with E-state index in [1.54, 1.807) is 0 Å². The summed E-state index contributed by atoms with van der Waals surface area (Å²) in [7, 11) is -3.76. The number of benzene rings is 1. The molecule has 0 amide bonds. The van der Waals surface area contributed by atoms with Gasteiger partial charge in [0.1, 0.15) is 0 Å². The van der Waals surface area contributed by atoms with E-state index in [4.69, 9.17) is 16.7 Å². The van der Waals surface area contributed by atoms with Crippen molar-refractivity contribution >= 4 is 39.4 Å². The van der Waals surface area contributed by atoms with Crippen LogP contribution in [0.3, 0.4) is 0 Å². The first-order chi connectivity index (χ1) is 9.09. The molecule has 0 aliphatic carbocycles. The van der Waals surface area contributed by atoms with Crippen LogP contribution in [-0.2, 0) is 10.0 Å². The molecule has 2 N–H and O–H groups in total. The minimum atomic E-state index is -3.76. The second-order valence-corrected chi connectivity index (χ2v) is 8.42. The zero-order chi connectivity index (χ0) is 15.6. The van der Waals surface area contributed by atoms with E-state index < -0.39 is 16.0 Å². The van der Waals surface area contributed by atoms with E-state index in [0.29, 0.717) is 0 Å². The number of hydrogen-bond acceptors (Lipinski definition) is 4. The van der Waals surface area contributed by atoms with Gasteiger partial charge in [-0.2, -0.15) is 11.8 Å². The smallest absolute Gasteiger partial charge is 0.337 e. The molecule has 8 heteroatoms. The molecule has 1 rings (SSSR count). The molecule has 0 atom stereocenters. The van der Waals surface area contributed by atoms with Gasteiger partial charge in [0.2, 0.25) is 10.0 Å². The molecule has 0 aliphatic heterocycles. The van der Waals surface area contributed by atoms with E-state index in [0.717, 1.165) is 6.07 Å². The van der Waals surface area contributed by atoms with Crippen LogP contribution in [0.1, 0.15) is 24.2 Å². The van der Waals surface area contributed by atoms with E-state index in [1.807, 2.05) is 20.1 Å². The Morgan fingerprint density at radius 1 is 1.45 bits per heavy atom. The van der Waals surface area contributed by atoms with Gasteiger partial charge < -0.3 is 5.11 Å². The molecule has 1 aromatic carbocycles. The maximum Gasteiger partial charge on any atom is 0.337 e. The molecular weight excluding hydrogens is 322 g/mol. The lowest BCUT2D eigenvalue weighted by Crippen LogP contribution is -2.36. The van der Waals surface area contributed by atoms with Gasteiger partial charge in [-0.3, -0.25) is 0 Å². The second-order valence-electron chi connectivity index (χ2n) is 4.74. The van der Waals surface area contributed by atoms with Crippen LogP contribution in [-0.4, -0.2) is 37.0 Å². The van der Waals surface area contributed by atoms with Gasteiger partial charge in [-0.25, -0.2) is 17.9 Å². The molecule has 0 fully saturated rings. The van der Waals surface area contributed by atoms with Crippen molar-refractivity contribution in [1.82, 2.24) is 4.72 Å². The molecule has 1 aromatic rings. The molecule has 20 heavy (non-hydrogen) atoms. The first kappa shape index (κ1) is 17.3. The number of sulfonamides is 1. The van der Waals surface area contributed by atoms with Gasteiger partial charge in [-0.05, 0) is 38.3 Å². The van der Waals surface area contributed by atoms with Crippen LogP contribution in [0.5, 0.6) is 0 Å². The van der Waals surface area contributed by atoms with E-state index in [9.17, 15) is 13.2 Å². The largest absolute Gasteiger partial charge is 0.478 e. The van der Waals surface area contributed by atoms with Gasteiger partial charge in [0, 0.05) is 11.3 Å². The Morgan fingerprint density at radius 2 is 2.05 bits per heavy atom. The van der Waals surface area contributed by atoms with Crippen molar-refractivity contribution in [1.29, 1.82) is 0 Å². The third kappa shape index (κ3) is 4.37. The fourth-order valence-corrected chi connectivity index (χ4v) is 3.00. The van der Waals surface area contributed by atoms with Crippen LogP contribution in [0.4, 0.5) is 0 Å². The molecule has 0 saturated carbocycles. The molecular formula is C12H16ClNO4S2. The summed E-state index contributed by atoms with van der Waals surface area (Å²) < 4.78 is 26.5. The Hall–Kier alpha value is -0.760. The highest BCUT2D eigenvalue weighted by atomic mass is 35.5. The minimum absolute atomic E-state index is 0.000827. The van der Waals surface area contributed by atoms with Crippen molar-refractivity contribution in [2.45, 2.75) is 23.5 Å². The minimum Gasteiger partial charge on any atom is -0.478 e. The lowest BCUT2D eigenvalue weighted by Gasteiger charge is -2.22. The molecule has 5 nitrogen and oxygen atoms in total. The summed E-state index contributed by atoms with van der Waals surface area (Å²) in [5.41, 5.74) is -0.237. The van der Waals surface area contributed by atoms with E-state index >= 15 is 0 Å². The summed E-state index contributed by atoms with van der Waals surface area (Å²) >= 11 is 7.25. The van der Waals surface area contributed by atoms with Crippen molar-refractivity contribution in [2.24, 2.45) is 0 Å². The van der Waals surface area contributed by atoms with Gasteiger partial charge in [0.05, 0.1) is 15.5 Å². The molecule has 0 aliphatic rings. The number of halogens is 1. The van der Waals surface area contributed by atoms with Crippen molar-refractivity contribution < 1.29 is 18.3 Å². The average molecular weight is 338 g/mol. The first-order valence-corrected chi connectivity index (χ1v) is 8.75. The van der Waals surface area contributed by atoms with Crippen LogP contribution >= 0.6 is 23.4 Å². The quantitative estimate of drug-likeness (QED) is 0.833. The maximum atomic E-state index is 12.1. The van der Waals surface area contributed by atoms with Gasteiger partial charge in [0.15, 0.2) is 0 Å². The van der Waals surface area contributed by atoms with E-state index in [2.05, 4.69) is 4.72 Å². The summed E-state index contributed by atoms with van der Waals surface area (Å²) in [4.78, 5) is 10.8. The summed E-state index contributed by atoms with van der Waals surface area (Å²) in [6.07, 6.45) is 1.89. The van der Waals surface area contributed by atoms with Crippen LogP contribution in [0, 0.1) is 0 Å².